The molecule has 1 heterocycles. The predicted molar refractivity (Wildman–Crippen MR) is 37.3 cm³/mol. The molecule has 1 aliphatic rings. The van der Waals surface area contributed by atoms with E-state index in [1.54, 1.807) is 0 Å². The molecule has 0 aromatic carbocycles. The van der Waals surface area contributed by atoms with Gasteiger partial charge in [-0.05, 0) is 32.7 Å². The van der Waals surface area contributed by atoms with E-state index in [2.05, 4.69) is 12.2 Å². The standard InChI is InChI=1S/C7H15NO/c1-7(4-6-9)3-2-5-8-7/h8-9H,2-6H2,1H3/t7-/m1/s1. The Morgan fingerprint density at radius 2 is 2.44 bits per heavy atom. The Hall–Kier alpha value is -0.0800. The smallest absolute Gasteiger partial charge is 0.0448 e. The van der Waals surface area contributed by atoms with Gasteiger partial charge in [0.2, 0.25) is 0 Å². The molecule has 1 aliphatic heterocycles. The van der Waals surface area contributed by atoms with Gasteiger partial charge in [-0.1, -0.05) is 0 Å². The molecule has 0 radical (unpaired) electrons. The summed E-state index contributed by atoms with van der Waals surface area (Å²) in [6.45, 7) is 3.61. The molecule has 0 bridgehead atoms. The molecule has 0 aromatic heterocycles. The van der Waals surface area contributed by atoms with Crippen LogP contribution in [-0.4, -0.2) is 23.8 Å². The average molecular weight is 129 g/mol. The number of nitrogens with one attached hydrogen (secondary N) is 1. The van der Waals surface area contributed by atoms with Gasteiger partial charge in [0, 0.05) is 12.1 Å². The van der Waals surface area contributed by atoms with Gasteiger partial charge in [-0.3, -0.25) is 0 Å². The van der Waals surface area contributed by atoms with Crippen LogP contribution in [0.15, 0.2) is 0 Å². The first kappa shape index (κ1) is 7.03. The van der Waals surface area contributed by atoms with Gasteiger partial charge in [-0.15, -0.1) is 0 Å². The molecule has 2 N–H and O–H groups in total. The summed E-state index contributed by atoms with van der Waals surface area (Å²) in [5.74, 6) is 0. The Morgan fingerprint density at radius 3 is 2.89 bits per heavy atom. The van der Waals surface area contributed by atoms with E-state index in [0.717, 1.165) is 13.0 Å². The van der Waals surface area contributed by atoms with Crippen molar-refractivity contribution in [3.8, 4) is 0 Å². The number of aliphatic hydroxyl groups excluding tert-OH is 1. The molecule has 0 aliphatic carbocycles. The summed E-state index contributed by atoms with van der Waals surface area (Å²) in [6.07, 6.45) is 3.37. The molecule has 1 fully saturated rings. The summed E-state index contributed by atoms with van der Waals surface area (Å²) >= 11 is 0. The summed E-state index contributed by atoms with van der Waals surface area (Å²) in [7, 11) is 0. The predicted octanol–water partition coefficient (Wildman–Crippen LogP) is 0.511. The maximum Gasteiger partial charge on any atom is 0.0448 e. The Kier molecular flexibility index (Phi) is 2.09. The topological polar surface area (TPSA) is 32.3 Å². The van der Waals surface area contributed by atoms with Crippen LogP contribution in [0, 0.1) is 0 Å². The first-order valence-corrected chi connectivity index (χ1v) is 3.63. The molecule has 2 nitrogen and oxygen atoms in total. The van der Waals surface area contributed by atoms with Crippen molar-refractivity contribution in [2.75, 3.05) is 13.2 Å². The Bertz CT molecular complexity index is 86.9. The van der Waals surface area contributed by atoms with Gasteiger partial charge in [0.15, 0.2) is 0 Å². The normalized spacial score (nSPS) is 35.3. The highest BCUT2D eigenvalue weighted by molar-refractivity contribution is 4.87. The lowest BCUT2D eigenvalue weighted by molar-refractivity contribution is 0.234. The van der Waals surface area contributed by atoms with E-state index in [9.17, 15) is 0 Å². The second kappa shape index (κ2) is 2.67. The van der Waals surface area contributed by atoms with Gasteiger partial charge < -0.3 is 10.4 Å². The largest absolute Gasteiger partial charge is 0.396 e. The molecule has 9 heavy (non-hydrogen) atoms. The summed E-state index contributed by atoms with van der Waals surface area (Å²) in [5.41, 5.74) is 0.245. The second-order valence-electron chi connectivity index (χ2n) is 3.06. The van der Waals surface area contributed by atoms with Crippen LogP contribution in [0.5, 0.6) is 0 Å². The molecular formula is C7H15NO. The zero-order valence-corrected chi connectivity index (χ0v) is 5.98. The lowest BCUT2D eigenvalue weighted by Crippen LogP contribution is -2.36. The molecule has 1 rings (SSSR count). The van der Waals surface area contributed by atoms with E-state index in [1.807, 2.05) is 0 Å². The first-order chi connectivity index (χ1) is 4.27. The maximum atomic E-state index is 8.65. The minimum atomic E-state index is 0.245. The SMILES string of the molecule is C[C@]1(CCO)CCCN1. The van der Waals surface area contributed by atoms with E-state index < -0.39 is 0 Å². The van der Waals surface area contributed by atoms with E-state index in [1.165, 1.54) is 12.8 Å². The third kappa shape index (κ3) is 1.66. The summed E-state index contributed by atoms with van der Waals surface area (Å²) in [4.78, 5) is 0. The average Bonchev–Trinajstić information content (AvgIpc) is 2.16. The highest BCUT2D eigenvalue weighted by Gasteiger charge is 2.26. The van der Waals surface area contributed by atoms with Crippen molar-refractivity contribution < 1.29 is 5.11 Å². The summed E-state index contributed by atoms with van der Waals surface area (Å²) in [5, 5.41) is 12.0. The summed E-state index contributed by atoms with van der Waals surface area (Å²) < 4.78 is 0. The molecule has 2 heteroatoms. The van der Waals surface area contributed by atoms with E-state index >= 15 is 0 Å². The van der Waals surface area contributed by atoms with Crippen LogP contribution in [0.1, 0.15) is 26.2 Å². The van der Waals surface area contributed by atoms with Gasteiger partial charge in [0.05, 0.1) is 0 Å². The number of rotatable bonds is 2. The molecule has 0 spiro atoms. The third-order valence-corrected chi connectivity index (χ3v) is 2.12. The molecule has 0 aromatic rings. The second-order valence-corrected chi connectivity index (χ2v) is 3.06. The van der Waals surface area contributed by atoms with Crippen molar-refractivity contribution >= 4 is 0 Å². The molecule has 0 unspecified atom stereocenters. The molecule has 0 amide bonds. The van der Waals surface area contributed by atoms with Crippen LogP contribution in [0.25, 0.3) is 0 Å². The van der Waals surface area contributed by atoms with Gasteiger partial charge in [-0.25, -0.2) is 0 Å². The molecule has 54 valence electrons. The zero-order chi connectivity index (χ0) is 6.74. The molecular weight excluding hydrogens is 114 g/mol. The van der Waals surface area contributed by atoms with Crippen molar-refractivity contribution in [2.45, 2.75) is 31.7 Å². The highest BCUT2D eigenvalue weighted by Crippen LogP contribution is 2.21. The Labute approximate surface area is 56.3 Å². The van der Waals surface area contributed by atoms with E-state index in [0.29, 0.717) is 6.61 Å². The first-order valence-electron chi connectivity index (χ1n) is 3.63. The lowest BCUT2D eigenvalue weighted by Gasteiger charge is -2.22. The quantitative estimate of drug-likeness (QED) is 0.569. The van der Waals surface area contributed by atoms with Crippen LogP contribution < -0.4 is 5.32 Å². The minimum absolute atomic E-state index is 0.245. The minimum Gasteiger partial charge on any atom is -0.396 e. The van der Waals surface area contributed by atoms with Crippen LogP contribution >= 0.6 is 0 Å². The Morgan fingerprint density at radius 1 is 1.67 bits per heavy atom. The molecule has 1 atom stereocenters. The fourth-order valence-electron chi connectivity index (χ4n) is 1.42. The van der Waals surface area contributed by atoms with Crippen LogP contribution in [-0.2, 0) is 0 Å². The highest BCUT2D eigenvalue weighted by atomic mass is 16.3. The van der Waals surface area contributed by atoms with Crippen LogP contribution in [0.4, 0.5) is 0 Å². The van der Waals surface area contributed by atoms with Crippen molar-refractivity contribution in [3.05, 3.63) is 0 Å². The van der Waals surface area contributed by atoms with Crippen molar-refractivity contribution in [2.24, 2.45) is 0 Å². The van der Waals surface area contributed by atoms with Gasteiger partial charge in [-0.2, -0.15) is 0 Å². The fraction of sp³-hybridized carbons (Fsp3) is 1.00. The van der Waals surface area contributed by atoms with Gasteiger partial charge in [0.25, 0.3) is 0 Å². The van der Waals surface area contributed by atoms with E-state index in [-0.39, 0.29) is 5.54 Å². The van der Waals surface area contributed by atoms with Gasteiger partial charge in [0.1, 0.15) is 0 Å². The third-order valence-electron chi connectivity index (χ3n) is 2.12. The number of aliphatic hydroxyl groups is 1. The zero-order valence-electron chi connectivity index (χ0n) is 5.98. The molecule has 1 saturated heterocycles. The number of hydrogen-bond donors (Lipinski definition) is 2. The molecule has 0 saturated carbocycles. The Balaban J connectivity index is 2.32. The monoisotopic (exact) mass is 129 g/mol. The fourth-order valence-corrected chi connectivity index (χ4v) is 1.42. The van der Waals surface area contributed by atoms with Crippen molar-refractivity contribution in [3.63, 3.8) is 0 Å². The van der Waals surface area contributed by atoms with Crippen molar-refractivity contribution in [1.29, 1.82) is 0 Å². The summed E-state index contributed by atoms with van der Waals surface area (Å²) in [6, 6.07) is 0. The van der Waals surface area contributed by atoms with Crippen molar-refractivity contribution in [1.82, 2.24) is 5.32 Å². The number of hydrogen-bond acceptors (Lipinski definition) is 2. The van der Waals surface area contributed by atoms with E-state index in [4.69, 9.17) is 5.11 Å². The lowest BCUT2D eigenvalue weighted by atomic mass is 9.97. The maximum absolute atomic E-state index is 8.65. The van der Waals surface area contributed by atoms with Crippen LogP contribution in [0.3, 0.4) is 0 Å². The van der Waals surface area contributed by atoms with Crippen LogP contribution in [0.2, 0.25) is 0 Å². The van der Waals surface area contributed by atoms with Gasteiger partial charge >= 0.3 is 0 Å².